The Morgan fingerprint density at radius 1 is 1.06 bits per heavy atom. The zero-order chi connectivity index (χ0) is 25.1. The van der Waals surface area contributed by atoms with Crippen LogP contribution in [0.4, 0.5) is 5.82 Å². The van der Waals surface area contributed by atoms with E-state index >= 15 is 0 Å². The molecule has 0 aliphatic heterocycles. The van der Waals surface area contributed by atoms with Crippen LogP contribution in [0, 0.1) is 0 Å². The smallest absolute Gasteiger partial charge is 0.257 e. The van der Waals surface area contributed by atoms with E-state index in [0.29, 0.717) is 27.2 Å². The number of carbonyl (C=O) groups excluding carboxylic acids is 1. The highest BCUT2D eigenvalue weighted by molar-refractivity contribution is 6.30. The van der Waals surface area contributed by atoms with Crippen LogP contribution in [0.25, 0.3) is 22.2 Å². The summed E-state index contributed by atoms with van der Waals surface area (Å²) < 4.78 is 1.46. The lowest BCUT2D eigenvalue weighted by Crippen LogP contribution is -2.33. The number of fused-ring (bicyclic) bond motifs is 2. The lowest BCUT2D eigenvalue weighted by atomic mass is 10.1. The van der Waals surface area contributed by atoms with Crippen molar-refractivity contribution in [2.45, 2.75) is 25.8 Å². The summed E-state index contributed by atoms with van der Waals surface area (Å²) in [6, 6.07) is 24.9. The maximum absolute atomic E-state index is 13.4. The fraction of sp³-hybridized carbons (Fsp3) is 0.143. The lowest BCUT2D eigenvalue weighted by molar-refractivity contribution is 0.0940. The highest BCUT2D eigenvalue weighted by Gasteiger charge is 2.25. The van der Waals surface area contributed by atoms with E-state index < -0.39 is 0 Å². The number of hydrogen-bond acceptors (Lipinski definition) is 5. The number of para-hydroxylation sites is 2. The van der Waals surface area contributed by atoms with Gasteiger partial charge in [0.15, 0.2) is 5.65 Å². The van der Waals surface area contributed by atoms with E-state index in [1.54, 1.807) is 18.3 Å². The average Bonchev–Trinajstić information content (AvgIpc) is 3.15. The number of aromatic nitrogens is 3. The summed E-state index contributed by atoms with van der Waals surface area (Å²) in [5.74, 6) is -0.134. The summed E-state index contributed by atoms with van der Waals surface area (Å²) in [6.45, 7) is 1.98. The zero-order valence-corrected chi connectivity index (χ0v) is 20.5. The number of nitrogens with zero attached hydrogens (tertiary/aromatic N) is 4. The van der Waals surface area contributed by atoms with E-state index in [9.17, 15) is 4.79 Å². The number of hydrogen-bond donors (Lipinski definition) is 2. The summed E-state index contributed by atoms with van der Waals surface area (Å²) in [6.07, 6.45) is 3.27. The molecule has 3 N–H and O–H groups in total. The zero-order valence-electron chi connectivity index (χ0n) is 19.7. The molecule has 1 amide bonds. The van der Waals surface area contributed by atoms with Crippen molar-refractivity contribution in [1.82, 2.24) is 20.0 Å². The summed E-state index contributed by atoms with van der Waals surface area (Å²) in [5.41, 5.74) is 10.9. The predicted molar refractivity (Wildman–Crippen MR) is 146 cm³/mol. The highest BCUT2D eigenvalue weighted by atomic mass is 35.5. The van der Waals surface area contributed by atoms with Crippen LogP contribution >= 0.6 is 11.6 Å². The van der Waals surface area contributed by atoms with Gasteiger partial charge in [-0.05, 0) is 55.2 Å². The minimum atomic E-state index is -0.306. The van der Waals surface area contributed by atoms with Gasteiger partial charge >= 0.3 is 0 Å². The van der Waals surface area contributed by atoms with Gasteiger partial charge in [-0.2, -0.15) is 9.78 Å². The van der Waals surface area contributed by atoms with Gasteiger partial charge in [0.25, 0.3) is 5.91 Å². The number of benzene rings is 3. The summed E-state index contributed by atoms with van der Waals surface area (Å²) in [4.78, 5) is 22.9. The molecule has 0 saturated heterocycles. The van der Waals surface area contributed by atoms with Crippen LogP contribution in [0.3, 0.4) is 0 Å². The Kier molecular flexibility index (Phi) is 6.64. The van der Waals surface area contributed by atoms with Gasteiger partial charge in [-0.3, -0.25) is 4.79 Å². The van der Waals surface area contributed by atoms with Gasteiger partial charge in [0.1, 0.15) is 16.9 Å². The van der Waals surface area contributed by atoms with Crippen molar-refractivity contribution in [3.05, 3.63) is 101 Å². The number of halogens is 1. The van der Waals surface area contributed by atoms with E-state index in [1.807, 2.05) is 61.5 Å². The second-order valence-corrected chi connectivity index (χ2v) is 9.09. The number of nitrogen functional groups attached to an aromatic ring is 1. The first-order chi connectivity index (χ1) is 17.5. The van der Waals surface area contributed by atoms with Gasteiger partial charge in [0.2, 0.25) is 0 Å². The first-order valence-corrected chi connectivity index (χ1v) is 12.1. The van der Waals surface area contributed by atoms with E-state index in [0.717, 1.165) is 18.4 Å². The molecule has 3 aromatic carbocycles. The minimum Gasteiger partial charge on any atom is -0.383 e. The van der Waals surface area contributed by atoms with Crippen LogP contribution in [0.1, 0.15) is 34.8 Å². The molecule has 0 aliphatic rings. The Bertz CT molecular complexity index is 1580. The summed E-state index contributed by atoms with van der Waals surface area (Å²) >= 11 is 6.11. The van der Waals surface area contributed by atoms with Crippen LogP contribution in [0.15, 0.2) is 84.0 Å². The lowest BCUT2D eigenvalue weighted by Gasteiger charge is -2.14. The summed E-state index contributed by atoms with van der Waals surface area (Å²) in [5, 5.41) is 8.21. The highest BCUT2D eigenvalue weighted by Crippen LogP contribution is 2.28. The molecule has 5 aromatic rings. The molecular formula is C28H25ClN6O. The van der Waals surface area contributed by atoms with Gasteiger partial charge in [0.05, 0.1) is 17.2 Å². The van der Waals surface area contributed by atoms with E-state index in [-0.39, 0.29) is 23.3 Å². The minimum absolute atomic E-state index is 0.0705. The Labute approximate surface area is 213 Å². The molecule has 0 radical (unpaired) electrons. The van der Waals surface area contributed by atoms with Crippen LogP contribution in [-0.2, 0) is 6.42 Å². The molecule has 0 unspecified atom stereocenters. The fourth-order valence-electron chi connectivity index (χ4n) is 4.10. The van der Waals surface area contributed by atoms with Crippen molar-refractivity contribution >= 4 is 51.7 Å². The van der Waals surface area contributed by atoms with Crippen molar-refractivity contribution in [1.29, 1.82) is 0 Å². The van der Waals surface area contributed by atoms with Crippen LogP contribution in [0.2, 0.25) is 5.02 Å². The normalized spacial score (nSPS) is 12.4. The monoisotopic (exact) mass is 496 g/mol. The maximum atomic E-state index is 13.4. The van der Waals surface area contributed by atoms with Crippen LogP contribution < -0.4 is 11.1 Å². The maximum Gasteiger partial charge on any atom is 0.257 e. The van der Waals surface area contributed by atoms with Crippen molar-refractivity contribution in [3.8, 4) is 0 Å². The first kappa shape index (κ1) is 23.5. The fourth-order valence-corrected chi connectivity index (χ4v) is 4.29. The molecule has 36 heavy (non-hydrogen) atoms. The van der Waals surface area contributed by atoms with Crippen LogP contribution in [-0.4, -0.2) is 32.8 Å². The number of nitrogens with two attached hydrogens (primary N) is 1. The molecule has 1 atom stereocenters. The van der Waals surface area contributed by atoms with Crippen molar-refractivity contribution in [2.75, 3.05) is 5.73 Å². The Hall–Kier alpha value is -4.23. The molecule has 0 aliphatic carbocycles. The topological polar surface area (TPSA) is 98.2 Å². The van der Waals surface area contributed by atoms with E-state index in [2.05, 4.69) is 22.6 Å². The Morgan fingerprint density at radius 2 is 1.78 bits per heavy atom. The number of amides is 1. The van der Waals surface area contributed by atoms with E-state index in [4.69, 9.17) is 27.3 Å². The average molecular weight is 497 g/mol. The van der Waals surface area contributed by atoms with Crippen molar-refractivity contribution < 1.29 is 4.79 Å². The molecule has 180 valence electrons. The molecule has 8 heteroatoms. The first-order valence-electron chi connectivity index (χ1n) is 11.7. The molecule has 0 spiro atoms. The number of anilines is 1. The predicted octanol–water partition coefficient (Wildman–Crippen LogP) is 5.45. The molecular weight excluding hydrogens is 472 g/mol. The third-order valence-electron chi connectivity index (χ3n) is 5.96. The molecule has 0 saturated carbocycles. The number of aryl methyl sites for hydroxylation is 1. The molecule has 5 rings (SSSR count). The second-order valence-electron chi connectivity index (χ2n) is 8.65. The van der Waals surface area contributed by atoms with Crippen molar-refractivity contribution in [3.63, 3.8) is 0 Å². The van der Waals surface area contributed by atoms with Gasteiger partial charge in [-0.25, -0.2) is 9.97 Å². The molecule has 7 nitrogen and oxygen atoms in total. The quantitative estimate of drug-likeness (QED) is 0.292. The summed E-state index contributed by atoms with van der Waals surface area (Å²) in [7, 11) is 0. The molecule has 0 bridgehead atoms. The van der Waals surface area contributed by atoms with Gasteiger partial charge in [-0.15, -0.1) is 0 Å². The molecule has 2 aromatic heterocycles. The van der Waals surface area contributed by atoms with Crippen LogP contribution in [0.5, 0.6) is 0 Å². The van der Waals surface area contributed by atoms with Crippen molar-refractivity contribution in [2.24, 2.45) is 5.10 Å². The van der Waals surface area contributed by atoms with Gasteiger partial charge in [-0.1, -0.05) is 66.2 Å². The number of rotatable bonds is 7. The Morgan fingerprint density at radius 3 is 2.53 bits per heavy atom. The number of carbonyl (C=O) groups is 1. The van der Waals surface area contributed by atoms with Gasteiger partial charge in [0, 0.05) is 11.1 Å². The number of nitrogens with one attached hydrogen (secondary N) is 1. The largest absolute Gasteiger partial charge is 0.383 e. The third kappa shape index (κ3) is 4.92. The third-order valence-corrected chi connectivity index (χ3v) is 6.19. The second kappa shape index (κ2) is 10.2. The Balaban J connectivity index is 1.50. The SMILES string of the molecule is C[C@@H](CCc1ccccc1)NC(=O)c1c(N)n(/N=C\c2cccc(Cl)c2)c2nc3ccccc3nc12. The molecule has 0 fully saturated rings. The van der Waals surface area contributed by atoms with Gasteiger partial charge < -0.3 is 11.1 Å². The molecule has 2 heterocycles. The standard InChI is InChI=1S/C28H25ClN6O/c1-18(14-15-19-8-3-2-4-9-19)32-28(36)24-25-27(34-23-13-6-5-12-22(23)33-25)35(26(24)30)31-17-20-10-7-11-21(29)16-20/h2-13,16-18H,14-15,30H2,1H3,(H,32,36)/b31-17-/t18-/m0/s1. The van der Waals surface area contributed by atoms with E-state index in [1.165, 1.54) is 10.2 Å².